The second kappa shape index (κ2) is 3.40. The summed E-state index contributed by atoms with van der Waals surface area (Å²) in [6.07, 6.45) is 0. The van der Waals surface area contributed by atoms with Crippen LogP contribution in [0.3, 0.4) is 0 Å². The van der Waals surface area contributed by atoms with E-state index >= 15 is 0 Å². The third-order valence-electron chi connectivity index (χ3n) is 0.231. The highest BCUT2D eigenvalue weighted by Gasteiger charge is 2.33. The smallest absolute Gasteiger partial charge is 0.284 e. The third-order valence-corrected chi connectivity index (χ3v) is 0.694. The standard InChI is InChI=1S/C2Cl6O/c3-1(4,5)9-2(6,7)8. The van der Waals surface area contributed by atoms with Gasteiger partial charge < -0.3 is 0 Å². The monoisotopic (exact) mass is 250 g/mol. The number of hydrogen-bond donors (Lipinski definition) is 0. The van der Waals surface area contributed by atoms with Crippen LogP contribution in [0.2, 0.25) is 0 Å². The fraction of sp³-hybridized carbons (Fsp3) is 1.00. The fourth-order valence-electron chi connectivity index (χ4n) is 0.131. The largest absolute Gasteiger partial charge is 0.300 e. The van der Waals surface area contributed by atoms with E-state index in [-0.39, 0.29) is 0 Å². The summed E-state index contributed by atoms with van der Waals surface area (Å²) >= 11 is 30.4. The Morgan fingerprint density at radius 2 is 0.889 bits per heavy atom. The first-order valence-electron chi connectivity index (χ1n) is 1.54. The minimum atomic E-state index is -1.99. The van der Waals surface area contributed by atoms with Crippen molar-refractivity contribution in [3.63, 3.8) is 0 Å². The van der Waals surface area contributed by atoms with Gasteiger partial charge in [0.2, 0.25) is 0 Å². The summed E-state index contributed by atoms with van der Waals surface area (Å²) in [5.74, 6) is 0. The summed E-state index contributed by atoms with van der Waals surface area (Å²) in [4.78, 5) is 0. The van der Waals surface area contributed by atoms with Crippen LogP contribution in [0.25, 0.3) is 0 Å². The Morgan fingerprint density at radius 3 is 0.889 bits per heavy atom. The SMILES string of the molecule is ClC(Cl)(Cl)OC(Cl)(Cl)Cl. The first-order chi connectivity index (χ1) is 3.71. The molecule has 0 aromatic heterocycles. The van der Waals surface area contributed by atoms with E-state index in [0.29, 0.717) is 0 Å². The molecule has 9 heavy (non-hydrogen) atoms. The molecule has 0 aliphatic rings. The summed E-state index contributed by atoms with van der Waals surface area (Å²) in [5, 5.41) is 0. The number of halogens is 6. The topological polar surface area (TPSA) is 9.23 Å². The van der Waals surface area contributed by atoms with Gasteiger partial charge in [0, 0.05) is 0 Å². The van der Waals surface area contributed by atoms with Crippen LogP contribution in [0.15, 0.2) is 0 Å². The summed E-state index contributed by atoms with van der Waals surface area (Å²) in [6, 6.07) is 0. The molecule has 7 heteroatoms. The molecule has 0 spiro atoms. The lowest BCUT2D eigenvalue weighted by molar-refractivity contribution is 0.125. The molecule has 0 aromatic rings. The Morgan fingerprint density at radius 1 is 0.667 bits per heavy atom. The molecular formula is C2Cl6O. The minimum Gasteiger partial charge on any atom is -0.284 e. The highest BCUT2D eigenvalue weighted by molar-refractivity contribution is 6.69. The van der Waals surface area contributed by atoms with Crippen molar-refractivity contribution in [3.05, 3.63) is 0 Å². The van der Waals surface area contributed by atoms with Crippen molar-refractivity contribution in [3.8, 4) is 0 Å². The van der Waals surface area contributed by atoms with Gasteiger partial charge >= 0.3 is 7.96 Å². The van der Waals surface area contributed by atoms with Gasteiger partial charge in [-0.2, -0.15) is 0 Å². The van der Waals surface area contributed by atoms with Gasteiger partial charge in [-0.3, -0.25) is 4.74 Å². The van der Waals surface area contributed by atoms with Crippen LogP contribution >= 0.6 is 69.6 Å². The van der Waals surface area contributed by atoms with Gasteiger partial charge in [0.1, 0.15) is 0 Å². The molecule has 0 unspecified atom stereocenters. The molecule has 56 valence electrons. The van der Waals surface area contributed by atoms with Gasteiger partial charge in [-0.25, -0.2) is 0 Å². The van der Waals surface area contributed by atoms with Crippen LogP contribution in [0.5, 0.6) is 0 Å². The Kier molecular flexibility index (Phi) is 4.04. The zero-order chi connectivity index (χ0) is 7.71. The Hall–Kier alpha value is 1.70. The molecule has 0 amide bonds. The zero-order valence-corrected chi connectivity index (χ0v) is 8.21. The number of ether oxygens (including phenoxy) is 1. The molecule has 0 atom stereocenters. The van der Waals surface area contributed by atoms with Gasteiger partial charge in [0.15, 0.2) is 0 Å². The maximum atomic E-state index is 5.07. The predicted octanol–water partition coefficient (Wildman–Crippen LogP) is 3.66. The fourth-order valence-corrected chi connectivity index (χ4v) is 1.18. The van der Waals surface area contributed by atoms with Crippen molar-refractivity contribution in [1.82, 2.24) is 0 Å². The Bertz CT molecular complexity index is 76.2. The summed E-state index contributed by atoms with van der Waals surface area (Å²) < 4.78 is 0.228. The average molecular weight is 253 g/mol. The lowest BCUT2D eigenvalue weighted by Gasteiger charge is -2.17. The van der Waals surface area contributed by atoms with Crippen LogP contribution in [0.4, 0.5) is 0 Å². The van der Waals surface area contributed by atoms with Gasteiger partial charge in [0.05, 0.1) is 0 Å². The van der Waals surface area contributed by atoms with Gasteiger partial charge in [-0.05, 0) is 0 Å². The quantitative estimate of drug-likeness (QED) is 0.598. The van der Waals surface area contributed by atoms with Crippen LogP contribution < -0.4 is 0 Å². The van der Waals surface area contributed by atoms with Crippen LogP contribution in [0, 0.1) is 0 Å². The van der Waals surface area contributed by atoms with Crippen molar-refractivity contribution in [2.75, 3.05) is 0 Å². The summed E-state index contributed by atoms with van der Waals surface area (Å²) in [6.45, 7) is 0. The number of alkyl halides is 6. The second-order valence-electron chi connectivity index (χ2n) is 0.994. The van der Waals surface area contributed by atoms with E-state index in [4.69, 9.17) is 69.6 Å². The van der Waals surface area contributed by atoms with Gasteiger partial charge in [-0.15, -0.1) is 0 Å². The van der Waals surface area contributed by atoms with Crippen LogP contribution in [-0.4, -0.2) is 7.96 Å². The van der Waals surface area contributed by atoms with E-state index in [2.05, 4.69) is 4.74 Å². The van der Waals surface area contributed by atoms with Crippen molar-refractivity contribution in [2.45, 2.75) is 7.96 Å². The van der Waals surface area contributed by atoms with Crippen molar-refractivity contribution < 1.29 is 4.74 Å². The second-order valence-corrected chi connectivity index (χ2v) is 5.35. The molecule has 0 aliphatic heterocycles. The van der Waals surface area contributed by atoms with Crippen LogP contribution in [-0.2, 0) is 4.74 Å². The van der Waals surface area contributed by atoms with E-state index in [1.165, 1.54) is 0 Å². The lowest BCUT2D eigenvalue weighted by atomic mass is 11.4. The maximum absolute atomic E-state index is 5.07. The Labute approximate surface area is 82.0 Å². The molecular weight excluding hydrogens is 253 g/mol. The van der Waals surface area contributed by atoms with E-state index in [0.717, 1.165) is 0 Å². The van der Waals surface area contributed by atoms with E-state index in [1.807, 2.05) is 0 Å². The lowest BCUT2D eigenvalue weighted by Crippen LogP contribution is -2.19. The molecule has 0 saturated heterocycles. The third kappa shape index (κ3) is 9.70. The molecule has 0 N–H and O–H groups in total. The molecule has 0 aromatic carbocycles. The molecule has 1 nitrogen and oxygen atoms in total. The van der Waals surface area contributed by atoms with E-state index < -0.39 is 7.96 Å². The number of hydrogen-bond acceptors (Lipinski definition) is 1. The maximum Gasteiger partial charge on any atom is 0.300 e. The van der Waals surface area contributed by atoms with Crippen molar-refractivity contribution >= 4 is 69.6 Å². The molecule has 0 aliphatic carbocycles. The van der Waals surface area contributed by atoms with Crippen LogP contribution in [0.1, 0.15) is 0 Å². The van der Waals surface area contributed by atoms with Crippen molar-refractivity contribution in [1.29, 1.82) is 0 Å². The van der Waals surface area contributed by atoms with Crippen molar-refractivity contribution in [2.24, 2.45) is 0 Å². The molecule has 0 heterocycles. The zero-order valence-electron chi connectivity index (χ0n) is 3.68. The van der Waals surface area contributed by atoms with E-state index in [1.54, 1.807) is 0 Å². The first kappa shape index (κ1) is 10.7. The molecule has 0 fully saturated rings. The summed E-state index contributed by atoms with van der Waals surface area (Å²) in [7, 11) is 0. The number of rotatable bonds is 0. The minimum absolute atomic E-state index is 1.99. The highest BCUT2D eigenvalue weighted by Crippen LogP contribution is 2.39. The van der Waals surface area contributed by atoms with Gasteiger partial charge in [-0.1, -0.05) is 69.6 Å². The molecule has 0 saturated carbocycles. The highest BCUT2D eigenvalue weighted by atomic mass is 35.6. The first-order valence-corrected chi connectivity index (χ1v) is 3.81. The summed E-state index contributed by atoms with van der Waals surface area (Å²) in [5.41, 5.74) is 0. The normalized spacial score (nSPS) is 14.0. The molecule has 0 radical (unpaired) electrons. The average Bonchev–Trinajstić information content (AvgIpc) is 1.14. The Balaban J connectivity index is 3.75. The molecule has 0 bridgehead atoms. The van der Waals surface area contributed by atoms with E-state index in [9.17, 15) is 0 Å². The molecule has 0 rings (SSSR count). The van der Waals surface area contributed by atoms with Gasteiger partial charge in [0.25, 0.3) is 0 Å². The predicted molar refractivity (Wildman–Crippen MR) is 41.7 cm³/mol.